The first-order valence-electron chi connectivity index (χ1n) is 33.1. The lowest BCUT2D eigenvalue weighted by Gasteiger charge is -2.24. The second kappa shape index (κ2) is 58.2. The van der Waals surface area contributed by atoms with Crippen LogP contribution in [0.1, 0.15) is 335 Å². The number of likely N-dealkylation sites (N-methyl/N-ethyl adjacent to an activating group) is 1. The van der Waals surface area contributed by atoms with Gasteiger partial charge in [0.05, 0.1) is 27.7 Å². The highest BCUT2D eigenvalue weighted by Crippen LogP contribution is 2.43. The standard InChI is InChI=1S/C66H128NO8P/c1-6-8-10-12-14-16-18-20-22-24-26-27-28-29-30-31-32-33-34-35-36-37-38-39-40-41-43-44-46-48-50-52-54-56-58-65(68)72-62-64(63-74-76(70,71)73-61-60-67(3,4)5)75-66(69)59-57-55-53-51-49-47-45-42-25-23-21-19-17-15-13-11-9-7-2/h17,19,23,25,64H,6-16,18,20-22,24,26-63H2,1-5H3/p+1/b19-17-,25-23-. The van der Waals surface area contributed by atoms with Crippen molar-refractivity contribution in [1.29, 1.82) is 0 Å². The Labute approximate surface area is 472 Å². The van der Waals surface area contributed by atoms with Gasteiger partial charge in [0.15, 0.2) is 6.10 Å². The first-order valence-corrected chi connectivity index (χ1v) is 34.6. The van der Waals surface area contributed by atoms with E-state index in [1.807, 2.05) is 21.1 Å². The van der Waals surface area contributed by atoms with Gasteiger partial charge in [-0.05, 0) is 44.9 Å². The van der Waals surface area contributed by atoms with Gasteiger partial charge in [0.25, 0.3) is 0 Å². The van der Waals surface area contributed by atoms with Gasteiger partial charge in [-0.2, -0.15) is 0 Å². The van der Waals surface area contributed by atoms with E-state index in [2.05, 4.69) is 38.2 Å². The average Bonchev–Trinajstić information content (AvgIpc) is 3.38. The third-order valence-electron chi connectivity index (χ3n) is 15.0. The van der Waals surface area contributed by atoms with Gasteiger partial charge in [-0.15, -0.1) is 0 Å². The summed E-state index contributed by atoms with van der Waals surface area (Å²) in [4.78, 5) is 35.7. The molecule has 2 unspecified atom stereocenters. The smallest absolute Gasteiger partial charge is 0.462 e. The van der Waals surface area contributed by atoms with Crippen molar-refractivity contribution >= 4 is 19.8 Å². The number of phosphoric ester groups is 1. The van der Waals surface area contributed by atoms with Crippen LogP contribution in [0.2, 0.25) is 0 Å². The number of hydrogen-bond donors (Lipinski definition) is 1. The maximum atomic E-state index is 12.8. The Bertz CT molecular complexity index is 1330. The molecule has 1 N–H and O–H groups in total. The molecular weight excluding hydrogens is 966 g/mol. The maximum absolute atomic E-state index is 12.8. The summed E-state index contributed by atoms with van der Waals surface area (Å²) in [7, 11) is 1.49. The van der Waals surface area contributed by atoms with Gasteiger partial charge in [-0.1, -0.05) is 301 Å². The van der Waals surface area contributed by atoms with Crippen LogP contribution in [0.15, 0.2) is 24.3 Å². The summed E-state index contributed by atoms with van der Waals surface area (Å²) < 4.78 is 34.6. The number of unbranched alkanes of at least 4 members (excludes halogenated alkanes) is 44. The van der Waals surface area contributed by atoms with E-state index in [9.17, 15) is 19.0 Å². The van der Waals surface area contributed by atoms with Crippen LogP contribution in [0.4, 0.5) is 0 Å². The predicted molar refractivity (Wildman–Crippen MR) is 326 cm³/mol. The second-order valence-electron chi connectivity index (χ2n) is 23.9. The Hall–Kier alpha value is -1.51. The molecule has 0 aliphatic heterocycles. The van der Waals surface area contributed by atoms with Gasteiger partial charge >= 0.3 is 19.8 Å². The minimum atomic E-state index is -4.39. The molecular formula is C66H129NO8P+. The highest BCUT2D eigenvalue weighted by Gasteiger charge is 2.27. The topological polar surface area (TPSA) is 108 Å². The molecule has 9 nitrogen and oxygen atoms in total. The number of hydrogen-bond acceptors (Lipinski definition) is 7. The van der Waals surface area contributed by atoms with E-state index in [1.54, 1.807) is 0 Å². The zero-order valence-electron chi connectivity index (χ0n) is 51.3. The number of carbonyl (C=O) groups excluding carboxylic acids is 2. The fraction of sp³-hybridized carbons (Fsp3) is 0.909. The average molecular weight is 1100 g/mol. The minimum Gasteiger partial charge on any atom is -0.462 e. The first-order chi connectivity index (χ1) is 37.0. The van der Waals surface area contributed by atoms with Crippen molar-refractivity contribution in [3.63, 3.8) is 0 Å². The van der Waals surface area contributed by atoms with Crippen LogP contribution in [0, 0.1) is 0 Å². The number of rotatable bonds is 62. The highest BCUT2D eigenvalue weighted by molar-refractivity contribution is 7.47. The van der Waals surface area contributed by atoms with E-state index in [0.717, 1.165) is 51.4 Å². The fourth-order valence-electron chi connectivity index (χ4n) is 9.87. The number of nitrogens with zero attached hydrogens (tertiary/aromatic N) is 1. The van der Waals surface area contributed by atoms with Crippen LogP contribution < -0.4 is 0 Å². The molecule has 0 amide bonds. The summed E-state index contributed by atoms with van der Waals surface area (Å²) in [6.45, 7) is 4.47. The second-order valence-corrected chi connectivity index (χ2v) is 25.3. The molecule has 0 fully saturated rings. The quantitative estimate of drug-likeness (QED) is 0.0211. The van der Waals surface area contributed by atoms with Crippen LogP contribution in [-0.2, 0) is 32.7 Å². The van der Waals surface area contributed by atoms with Crippen molar-refractivity contribution in [1.82, 2.24) is 0 Å². The molecule has 0 aromatic rings. The molecule has 2 atom stereocenters. The fourth-order valence-corrected chi connectivity index (χ4v) is 10.6. The molecule has 0 aliphatic rings. The Balaban J connectivity index is 3.94. The molecule has 0 spiro atoms. The minimum absolute atomic E-state index is 0.0324. The lowest BCUT2D eigenvalue weighted by Crippen LogP contribution is -2.37. The van der Waals surface area contributed by atoms with Crippen LogP contribution in [0.25, 0.3) is 0 Å². The van der Waals surface area contributed by atoms with Gasteiger partial charge in [-0.25, -0.2) is 4.57 Å². The van der Waals surface area contributed by atoms with Crippen molar-refractivity contribution < 1.29 is 42.1 Å². The predicted octanol–water partition coefficient (Wildman–Crippen LogP) is 20.9. The summed E-state index contributed by atoms with van der Waals surface area (Å²) in [5, 5.41) is 0. The van der Waals surface area contributed by atoms with E-state index in [0.29, 0.717) is 23.9 Å². The number of carbonyl (C=O) groups is 2. The maximum Gasteiger partial charge on any atom is 0.472 e. The van der Waals surface area contributed by atoms with Crippen molar-refractivity contribution in [2.75, 3.05) is 47.5 Å². The van der Waals surface area contributed by atoms with E-state index in [4.69, 9.17) is 18.5 Å². The summed E-state index contributed by atoms with van der Waals surface area (Å²) in [5.74, 6) is -0.789. The van der Waals surface area contributed by atoms with E-state index >= 15 is 0 Å². The molecule has 0 aromatic carbocycles. The summed E-state index contributed by atoms with van der Waals surface area (Å²) in [6, 6.07) is 0. The number of allylic oxidation sites excluding steroid dienone is 4. The zero-order chi connectivity index (χ0) is 55.6. The first kappa shape index (κ1) is 74.5. The van der Waals surface area contributed by atoms with Gasteiger partial charge < -0.3 is 18.9 Å². The van der Waals surface area contributed by atoms with Gasteiger partial charge in [-0.3, -0.25) is 18.6 Å². The van der Waals surface area contributed by atoms with Crippen LogP contribution >= 0.6 is 7.82 Å². The Morgan fingerprint density at radius 3 is 1.05 bits per heavy atom. The van der Waals surface area contributed by atoms with Crippen molar-refractivity contribution in [3.8, 4) is 0 Å². The van der Waals surface area contributed by atoms with E-state index in [-0.39, 0.29) is 25.6 Å². The third-order valence-corrected chi connectivity index (χ3v) is 16.0. The Morgan fingerprint density at radius 1 is 0.408 bits per heavy atom. The monoisotopic (exact) mass is 1090 g/mol. The van der Waals surface area contributed by atoms with Gasteiger partial charge in [0, 0.05) is 12.8 Å². The number of quaternary nitrogens is 1. The third kappa shape index (κ3) is 61.7. The lowest BCUT2D eigenvalue weighted by atomic mass is 10.0. The SMILES string of the molecule is CCCCCC/C=C\C/C=C\CCCCCCCCCC(=O)OC(COC(=O)CCCCCCCCCCCCCCCCCCCCCCCCCCCCCCCCCCCC)COP(=O)(O)OCC[N+](C)(C)C. The molecule has 0 radical (unpaired) electrons. The Kier molecular flexibility index (Phi) is 57.0. The van der Waals surface area contributed by atoms with Crippen LogP contribution in [0.5, 0.6) is 0 Å². The summed E-state index contributed by atoms with van der Waals surface area (Å²) in [5.41, 5.74) is 0. The molecule has 450 valence electrons. The van der Waals surface area contributed by atoms with Gasteiger partial charge in [0.1, 0.15) is 19.8 Å². The molecule has 0 heterocycles. The molecule has 0 aromatic heterocycles. The van der Waals surface area contributed by atoms with Crippen molar-refractivity contribution in [3.05, 3.63) is 24.3 Å². The normalized spacial score (nSPS) is 13.3. The summed E-state index contributed by atoms with van der Waals surface area (Å²) in [6.07, 6.45) is 71.4. The largest absolute Gasteiger partial charge is 0.472 e. The number of esters is 2. The van der Waals surface area contributed by atoms with E-state index < -0.39 is 26.5 Å². The van der Waals surface area contributed by atoms with E-state index in [1.165, 1.54) is 250 Å². The highest BCUT2D eigenvalue weighted by atomic mass is 31.2. The van der Waals surface area contributed by atoms with Crippen LogP contribution in [0.3, 0.4) is 0 Å². The molecule has 0 saturated heterocycles. The molecule has 10 heteroatoms. The molecule has 0 saturated carbocycles. The summed E-state index contributed by atoms with van der Waals surface area (Å²) >= 11 is 0. The Morgan fingerprint density at radius 2 is 0.711 bits per heavy atom. The molecule has 0 bridgehead atoms. The molecule has 0 aliphatic carbocycles. The lowest BCUT2D eigenvalue weighted by molar-refractivity contribution is -0.870. The number of ether oxygens (including phenoxy) is 2. The van der Waals surface area contributed by atoms with Gasteiger partial charge in [0.2, 0.25) is 0 Å². The molecule has 76 heavy (non-hydrogen) atoms. The van der Waals surface area contributed by atoms with Crippen molar-refractivity contribution in [2.24, 2.45) is 0 Å². The molecule has 0 rings (SSSR count). The zero-order valence-corrected chi connectivity index (χ0v) is 52.2. The number of phosphoric acid groups is 1. The van der Waals surface area contributed by atoms with Crippen LogP contribution in [-0.4, -0.2) is 74.9 Å². The van der Waals surface area contributed by atoms with Crippen molar-refractivity contribution in [2.45, 2.75) is 341 Å².